The molecular weight excluding hydrogens is 272 g/mol. The number of hydrogen-bond donors (Lipinski definition) is 1. The molecule has 3 unspecified atom stereocenters. The van der Waals surface area contributed by atoms with E-state index in [4.69, 9.17) is 5.73 Å². The largest absolute Gasteiger partial charge is 0.327 e. The van der Waals surface area contributed by atoms with E-state index in [1.54, 1.807) is 12.1 Å². The van der Waals surface area contributed by atoms with Crippen molar-refractivity contribution in [3.8, 4) is 0 Å². The highest BCUT2D eigenvalue weighted by molar-refractivity contribution is 7.90. The molecule has 112 valence electrons. The van der Waals surface area contributed by atoms with E-state index in [2.05, 4.69) is 18.7 Å². The van der Waals surface area contributed by atoms with Crippen molar-refractivity contribution < 1.29 is 8.42 Å². The minimum absolute atomic E-state index is 0.233. The number of likely N-dealkylation sites (tertiary alicyclic amines) is 1. The molecule has 0 aromatic heterocycles. The molecule has 1 fully saturated rings. The monoisotopic (exact) mass is 296 g/mol. The molecule has 0 amide bonds. The normalized spacial score (nSPS) is 26.4. The van der Waals surface area contributed by atoms with Gasteiger partial charge in [0.2, 0.25) is 0 Å². The molecule has 3 atom stereocenters. The Kier molecular flexibility index (Phi) is 4.52. The average Bonchev–Trinajstić information content (AvgIpc) is 2.36. The van der Waals surface area contributed by atoms with Crippen molar-refractivity contribution in [2.24, 2.45) is 11.7 Å². The van der Waals surface area contributed by atoms with Crippen molar-refractivity contribution in [3.63, 3.8) is 0 Å². The first-order valence-corrected chi connectivity index (χ1v) is 8.96. The Morgan fingerprint density at radius 2 is 1.85 bits per heavy atom. The molecule has 0 saturated carbocycles. The minimum Gasteiger partial charge on any atom is -0.327 e. The predicted molar refractivity (Wildman–Crippen MR) is 81.3 cm³/mol. The Morgan fingerprint density at radius 3 is 2.35 bits per heavy atom. The van der Waals surface area contributed by atoms with Gasteiger partial charge in [-0.05, 0) is 37.0 Å². The Morgan fingerprint density at radius 1 is 1.25 bits per heavy atom. The molecule has 5 heteroatoms. The van der Waals surface area contributed by atoms with Gasteiger partial charge >= 0.3 is 0 Å². The third-order valence-electron chi connectivity index (χ3n) is 4.06. The van der Waals surface area contributed by atoms with Crippen LogP contribution in [0.4, 0.5) is 0 Å². The van der Waals surface area contributed by atoms with Crippen LogP contribution in [0.5, 0.6) is 0 Å². The molecule has 1 aliphatic rings. The Bertz CT molecular complexity index is 544. The molecule has 4 nitrogen and oxygen atoms in total. The Hall–Kier alpha value is -0.910. The number of benzene rings is 1. The highest BCUT2D eigenvalue weighted by atomic mass is 32.2. The first kappa shape index (κ1) is 15.5. The molecule has 2 rings (SSSR count). The zero-order valence-electron chi connectivity index (χ0n) is 12.4. The lowest BCUT2D eigenvalue weighted by molar-refractivity contribution is 0.124. The standard InChI is InChI=1S/C15H24N2O2S/c1-11-8-14(16)10-17(9-11)12(2)13-4-6-15(7-5-13)20(3,18)19/h4-7,11-12,14H,8-10,16H2,1-3H3. The van der Waals surface area contributed by atoms with Crippen LogP contribution >= 0.6 is 0 Å². The van der Waals surface area contributed by atoms with E-state index in [0.717, 1.165) is 25.1 Å². The van der Waals surface area contributed by atoms with Crippen LogP contribution in [-0.2, 0) is 9.84 Å². The fraction of sp³-hybridized carbons (Fsp3) is 0.600. The van der Waals surface area contributed by atoms with E-state index in [-0.39, 0.29) is 12.1 Å². The van der Waals surface area contributed by atoms with E-state index in [0.29, 0.717) is 10.8 Å². The van der Waals surface area contributed by atoms with E-state index in [1.165, 1.54) is 6.26 Å². The van der Waals surface area contributed by atoms with Gasteiger partial charge in [-0.1, -0.05) is 19.1 Å². The zero-order valence-corrected chi connectivity index (χ0v) is 13.2. The van der Waals surface area contributed by atoms with Crippen LogP contribution in [0.1, 0.15) is 31.9 Å². The third kappa shape index (κ3) is 3.59. The second kappa shape index (κ2) is 5.84. The minimum atomic E-state index is -3.12. The van der Waals surface area contributed by atoms with Gasteiger partial charge in [0.25, 0.3) is 0 Å². The van der Waals surface area contributed by atoms with Crippen LogP contribution < -0.4 is 5.73 Å². The lowest BCUT2D eigenvalue weighted by Crippen LogP contribution is -2.47. The van der Waals surface area contributed by atoms with Crippen LogP contribution in [0, 0.1) is 5.92 Å². The number of nitrogens with zero attached hydrogens (tertiary/aromatic N) is 1. The molecule has 20 heavy (non-hydrogen) atoms. The summed E-state index contributed by atoms with van der Waals surface area (Å²) >= 11 is 0. The fourth-order valence-corrected chi connectivity index (χ4v) is 3.59. The summed E-state index contributed by atoms with van der Waals surface area (Å²) in [7, 11) is -3.12. The van der Waals surface area contributed by atoms with E-state index in [1.807, 2.05) is 12.1 Å². The number of rotatable bonds is 3. The van der Waals surface area contributed by atoms with Crippen LogP contribution in [0.25, 0.3) is 0 Å². The number of piperidine rings is 1. The van der Waals surface area contributed by atoms with E-state index in [9.17, 15) is 8.42 Å². The summed E-state index contributed by atoms with van der Waals surface area (Å²) in [6.07, 6.45) is 2.31. The van der Waals surface area contributed by atoms with Crippen molar-refractivity contribution >= 4 is 9.84 Å². The summed E-state index contributed by atoms with van der Waals surface area (Å²) in [6, 6.07) is 7.69. The molecule has 0 aliphatic carbocycles. The number of nitrogens with two attached hydrogens (primary N) is 1. The first-order valence-electron chi connectivity index (χ1n) is 7.07. The van der Waals surface area contributed by atoms with Crippen molar-refractivity contribution in [3.05, 3.63) is 29.8 Å². The molecular formula is C15H24N2O2S. The predicted octanol–water partition coefficient (Wildman–Crippen LogP) is 1.82. The van der Waals surface area contributed by atoms with Crippen LogP contribution in [-0.4, -0.2) is 38.7 Å². The molecule has 0 bridgehead atoms. The van der Waals surface area contributed by atoms with Crippen molar-refractivity contribution in [1.82, 2.24) is 4.90 Å². The van der Waals surface area contributed by atoms with E-state index >= 15 is 0 Å². The summed E-state index contributed by atoms with van der Waals surface area (Å²) in [4.78, 5) is 2.76. The zero-order chi connectivity index (χ0) is 14.9. The van der Waals surface area contributed by atoms with Gasteiger partial charge in [0, 0.05) is 31.4 Å². The van der Waals surface area contributed by atoms with Gasteiger partial charge in [0.15, 0.2) is 9.84 Å². The maximum Gasteiger partial charge on any atom is 0.175 e. The van der Waals surface area contributed by atoms with Crippen LogP contribution in [0.3, 0.4) is 0 Å². The Labute approximate surface area is 121 Å². The van der Waals surface area contributed by atoms with Gasteiger partial charge in [-0.2, -0.15) is 0 Å². The van der Waals surface area contributed by atoms with Crippen molar-refractivity contribution in [1.29, 1.82) is 0 Å². The second-order valence-corrected chi connectivity index (χ2v) is 8.09. The smallest absolute Gasteiger partial charge is 0.175 e. The highest BCUT2D eigenvalue weighted by Crippen LogP contribution is 2.26. The number of hydrogen-bond acceptors (Lipinski definition) is 4. The molecule has 1 aromatic rings. The van der Waals surface area contributed by atoms with E-state index < -0.39 is 9.84 Å². The molecule has 0 radical (unpaired) electrons. The summed E-state index contributed by atoms with van der Waals surface area (Å²) in [5.74, 6) is 0.608. The average molecular weight is 296 g/mol. The maximum atomic E-state index is 11.5. The summed E-state index contributed by atoms with van der Waals surface area (Å²) in [5, 5.41) is 0. The Balaban J connectivity index is 2.15. The van der Waals surface area contributed by atoms with Gasteiger partial charge in [-0.15, -0.1) is 0 Å². The van der Waals surface area contributed by atoms with Gasteiger partial charge < -0.3 is 5.73 Å². The topological polar surface area (TPSA) is 63.4 Å². The highest BCUT2D eigenvalue weighted by Gasteiger charge is 2.26. The van der Waals surface area contributed by atoms with Gasteiger partial charge in [-0.25, -0.2) is 8.42 Å². The third-order valence-corrected chi connectivity index (χ3v) is 5.19. The summed E-state index contributed by atoms with van der Waals surface area (Å²) in [6.45, 7) is 6.33. The maximum absolute atomic E-state index is 11.5. The van der Waals surface area contributed by atoms with Crippen molar-refractivity contribution in [2.45, 2.75) is 37.2 Å². The fourth-order valence-electron chi connectivity index (χ4n) is 2.96. The van der Waals surface area contributed by atoms with Crippen LogP contribution in [0.15, 0.2) is 29.2 Å². The lowest BCUT2D eigenvalue weighted by Gasteiger charge is -2.38. The summed E-state index contributed by atoms with van der Waals surface area (Å²) < 4.78 is 22.9. The number of sulfone groups is 1. The quantitative estimate of drug-likeness (QED) is 0.924. The van der Waals surface area contributed by atoms with Crippen molar-refractivity contribution in [2.75, 3.05) is 19.3 Å². The van der Waals surface area contributed by atoms with Gasteiger partial charge in [0.05, 0.1) is 4.90 Å². The molecule has 1 aromatic carbocycles. The lowest BCUT2D eigenvalue weighted by atomic mass is 9.94. The molecule has 1 heterocycles. The van der Waals surface area contributed by atoms with Gasteiger partial charge in [-0.3, -0.25) is 4.90 Å². The second-order valence-electron chi connectivity index (χ2n) is 6.07. The van der Waals surface area contributed by atoms with Gasteiger partial charge in [0.1, 0.15) is 0 Å². The molecule has 1 aliphatic heterocycles. The molecule has 1 saturated heterocycles. The molecule has 0 spiro atoms. The molecule has 2 N–H and O–H groups in total. The SMILES string of the molecule is CC1CC(N)CN(C(C)c2ccc(S(C)(=O)=O)cc2)C1. The summed E-state index contributed by atoms with van der Waals surface area (Å²) in [5.41, 5.74) is 7.23. The first-order chi connectivity index (χ1) is 9.27. The van der Waals surface area contributed by atoms with Crippen LogP contribution in [0.2, 0.25) is 0 Å².